The van der Waals surface area contributed by atoms with Gasteiger partial charge in [0.05, 0.1) is 0 Å². The number of rotatable bonds is 6. The number of para-hydroxylation sites is 1. The summed E-state index contributed by atoms with van der Waals surface area (Å²) in [6.45, 7) is 3.61. The molecule has 1 N–H and O–H groups in total. The van der Waals surface area contributed by atoms with Crippen LogP contribution in [0.1, 0.15) is 38.5 Å². The average molecular weight is 355 g/mol. The molecular formula is C21H29N3O2. The van der Waals surface area contributed by atoms with Crippen molar-refractivity contribution in [2.45, 2.75) is 38.5 Å². The molecule has 2 aliphatic rings. The van der Waals surface area contributed by atoms with E-state index in [4.69, 9.17) is 0 Å². The van der Waals surface area contributed by atoms with Gasteiger partial charge in [-0.2, -0.15) is 0 Å². The summed E-state index contributed by atoms with van der Waals surface area (Å²) in [4.78, 5) is 28.5. The van der Waals surface area contributed by atoms with E-state index < -0.39 is 0 Å². The molecule has 1 aliphatic carbocycles. The Bertz CT molecular complexity index is 634. The highest BCUT2D eigenvalue weighted by Gasteiger charge is 2.22. The molecule has 1 saturated heterocycles. The van der Waals surface area contributed by atoms with E-state index in [1.165, 1.54) is 24.1 Å². The lowest BCUT2D eigenvalue weighted by atomic mass is 9.97. The lowest BCUT2D eigenvalue weighted by Gasteiger charge is -2.36. The Kier molecular flexibility index (Phi) is 6.69. The smallest absolute Gasteiger partial charge is 0.232 e. The summed E-state index contributed by atoms with van der Waals surface area (Å²) in [5.41, 5.74) is 2.63. The fourth-order valence-corrected chi connectivity index (χ4v) is 3.66. The summed E-state index contributed by atoms with van der Waals surface area (Å²) in [7, 11) is 0. The number of amides is 2. The van der Waals surface area contributed by atoms with Gasteiger partial charge in [0.1, 0.15) is 6.42 Å². The number of allylic oxidation sites excluding steroid dienone is 1. The molecule has 26 heavy (non-hydrogen) atoms. The predicted octanol–water partition coefficient (Wildman–Crippen LogP) is 2.73. The Labute approximate surface area is 156 Å². The van der Waals surface area contributed by atoms with Crippen molar-refractivity contribution in [1.82, 2.24) is 10.2 Å². The first-order chi connectivity index (χ1) is 12.7. The normalized spacial score (nSPS) is 17.6. The highest BCUT2D eigenvalue weighted by atomic mass is 16.2. The van der Waals surface area contributed by atoms with Crippen LogP contribution in [0.3, 0.4) is 0 Å². The third-order valence-corrected chi connectivity index (χ3v) is 5.22. The number of piperazine rings is 1. The molecule has 1 aromatic rings. The lowest BCUT2D eigenvalue weighted by molar-refractivity contribution is -0.136. The van der Waals surface area contributed by atoms with Crippen LogP contribution in [-0.4, -0.2) is 49.4 Å². The molecule has 1 aliphatic heterocycles. The zero-order valence-corrected chi connectivity index (χ0v) is 15.5. The van der Waals surface area contributed by atoms with Crippen LogP contribution in [0.5, 0.6) is 0 Å². The first-order valence-corrected chi connectivity index (χ1v) is 9.75. The maximum absolute atomic E-state index is 12.4. The molecule has 5 nitrogen and oxygen atoms in total. The largest absolute Gasteiger partial charge is 0.368 e. The van der Waals surface area contributed by atoms with Gasteiger partial charge in [0, 0.05) is 38.4 Å². The first kappa shape index (κ1) is 18.5. The second-order valence-electron chi connectivity index (χ2n) is 7.09. The van der Waals surface area contributed by atoms with Crippen molar-refractivity contribution in [1.29, 1.82) is 0 Å². The number of carbonyl (C=O) groups is 2. The maximum Gasteiger partial charge on any atom is 0.232 e. The van der Waals surface area contributed by atoms with E-state index in [0.29, 0.717) is 19.6 Å². The first-order valence-electron chi connectivity index (χ1n) is 9.75. The predicted molar refractivity (Wildman–Crippen MR) is 104 cm³/mol. The fraction of sp³-hybridized carbons (Fsp3) is 0.524. The Morgan fingerprint density at radius 1 is 1.00 bits per heavy atom. The molecule has 0 unspecified atom stereocenters. The van der Waals surface area contributed by atoms with Crippen LogP contribution in [0.4, 0.5) is 5.69 Å². The van der Waals surface area contributed by atoms with E-state index in [1.807, 2.05) is 23.1 Å². The van der Waals surface area contributed by atoms with Gasteiger partial charge in [-0.15, -0.1) is 0 Å². The van der Waals surface area contributed by atoms with Crippen molar-refractivity contribution < 1.29 is 9.59 Å². The topological polar surface area (TPSA) is 52.7 Å². The van der Waals surface area contributed by atoms with Crippen molar-refractivity contribution in [3.05, 3.63) is 42.0 Å². The SMILES string of the molecule is O=C(CC(=O)N1CCN(c2ccccc2)CC1)NCCC1=CCCCC1. The standard InChI is InChI=1S/C21H29N3O2/c25-20(22-12-11-18-7-3-1-4-8-18)17-21(26)24-15-13-23(14-16-24)19-9-5-2-6-10-19/h2,5-7,9-10H,1,3-4,8,11-17H2,(H,22,25). The van der Waals surface area contributed by atoms with Crippen LogP contribution >= 0.6 is 0 Å². The molecule has 5 heteroatoms. The third kappa shape index (κ3) is 5.35. The van der Waals surface area contributed by atoms with Gasteiger partial charge in [-0.3, -0.25) is 9.59 Å². The van der Waals surface area contributed by atoms with E-state index in [1.54, 1.807) is 0 Å². The summed E-state index contributed by atoms with van der Waals surface area (Å²) in [6.07, 6.45) is 8.03. The molecule has 0 saturated carbocycles. The van der Waals surface area contributed by atoms with Gasteiger partial charge < -0.3 is 15.1 Å². The number of nitrogens with zero attached hydrogens (tertiary/aromatic N) is 2. The van der Waals surface area contributed by atoms with Gasteiger partial charge in [-0.05, 0) is 44.2 Å². The van der Waals surface area contributed by atoms with E-state index in [9.17, 15) is 9.59 Å². The second-order valence-corrected chi connectivity index (χ2v) is 7.09. The van der Waals surface area contributed by atoms with Gasteiger partial charge >= 0.3 is 0 Å². The molecule has 3 rings (SSSR count). The molecule has 0 spiro atoms. The zero-order chi connectivity index (χ0) is 18.2. The van der Waals surface area contributed by atoms with Gasteiger partial charge in [-0.25, -0.2) is 0 Å². The Hall–Kier alpha value is -2.30. The van der Waals surface area contributed by atoms with Gasteiger partial charge in [0.2, 0.25) is 11.8 Å². The number of anilines is 1. The van der Waals surface area contributed by atoms with Crippen molar-refractivity contribution in [3.8, 4) is 0 Å². The minimum Gasteiger partial charge on any atom is -0.368 e. The molecule has 1 aromatic carbocycles. The van der Waals surface area contributed by atoms with Crippen molar-refractivity contribution >= 4 is 17.5 Å². The maximum atomic E-state index is 12.4. The molecule has 1 fully saturated rings. The van der Waals surface area contributed by atoms with Crippen LogP contribution in [0, 0.1) is 0 Å². The quantitative estimate of drug-likeness (QED) is 0.631. The summed E-state index contributed by atoms with van der Waals surface area (Å²) in [5.74, 6) is -0.219. The molecule has 2 amide bonds. The van der Waals surface area contributed by atoms with Crippen molar-refractivity contribution in [3.63, 3.8) is 0 Å². The highest BCUT2D eigenvalue weighted by Crippen LogP contribution is 2.19. The van der Waals surface area contributed by atoms with Crippen LogP contribution in [0.25, 0.3) is 0 Å². The van der Waals surface area contributed by atoms with Crippen LogP contribution in [0.2, 0.25) is 0 Å². The van der Waals surface area contributed by atoms with Crippen LogP contribution in [0.15, 0.2) is 42.0 Å². The lowest BCUT2D eigenvalue weighted by Crippen LogP contribution is -2.49. The van der Waals surface area contributed by atoms with E-state index in [2.05, 4.69) is 28.4 Å². The van der Waals surface area contributed by atoms with Gasteiger partial charge in [0.15, 0.2) is 0 Å². The molecule has 0 radical (unpaired) electrons. The van der Waals surface area contributed by atoms with Gasteiger partial charge in [-0.1, -0.05) is 29.8 Å². The summed E-state index contributed by atoms with van der Waals surface area (Å²) in [5, 5.41) is 2.90. The molecular weight excluding hydrogens is 326 g/mol. The molecule has 1 heterocycles. The number of carbonyl (C=O) groups excluding carboxylic acids is 2. The summed E-state index contributed by atoms with van der Waals surface area (Å²) >= 11 is 0. The average Bonchev–Trinajstić information content (AvgIpc) is 2.69. The zero-order valence-electron chi connectivity index (χ0n) is 15.5. The van der Waals surface area contributed by atoms with Crippen molar-refractivity contribution in [2.75, 3.05) is 37.6 Å². The Morgan fingerprint density at radius 3 is 2.46 bits per heavy atom. The number of hydrogen-bond acceptors (Lipinski definition) is 3. The van der Waals surface area contributed by atoms with E-state index in [-0.39, 0.29) is 18.2 Å². The fourth-order valence-electron chi connectivity index (χ4n) is 3.66. The Morgan fingerprint density at radius 2 is 1.77 bits per heavy atom. The van der Waals surface area contributed by atoms with Crippen LogP contribution in [-0.2, 0) is 9.59 Å². The van der Waals surface area contributed by atoms with Crippen LogP contribution < -0.4 is 10.2 Å². The van der Waals surface area contributed by atoms with Crippen molar-refractivity contribution in [2.24, 2.45) is 0 Å². The highest BCUT2D eigenvalue weighted by molar-refractivity contribution is 5.97. The number of hydrogen-bond donors (Lipinski definition) is 1. The molecule has 0 aromatic heterocycles. The molecule has 140 valence electrons. The summed E-state index contributed by atoms with van der Waals surface area (Å²) < 4.78 is 0. The van der Waals surface area contributed by atoms with E-state index in [0.717, 1.165) is 32.4 Å². The molecule has 0 atom stereocenters. The van der Waals surface area contributed by atoms with E-state index >= 15 is 0 Å². The second kappa shape index (κ2) is 9.41. The van der Waals surface area contributed by atoms with Gasteiger partial charge in [0.25, 0.3) is 0 Å². The number of benzene rings is 1. The summed E-state index contributed by atoms with van der Waals surface area (Å²) in [6, 6.07) is 10.2. The minimum absolute atomic E-state index is 0.0373. The minimum atomic E-state index is -0.156. The Balaban J connectivity index is 1.35. The number of nitrogens with one attached hydrogen (secondary N) is 1. The third-order valence-electron chi connectivity index (χ3n) is 5.22. The monoisotopic (exact) mass is 355 g/mol. The molecule has 0 bridgehead atoms.